The predicted octanol–water partition coefficient (Wildman–Crippen LogP) is 1.06. The van der Waals surface area contributed by atoms with Crippen LogP contribution in [0.15, 0.2) is 29.3 Å². The third kappa shape index (κ3) is 6.12. The standard InChI is InChI=1S/C17H27N3O4S/c1-13(24-16-7-5-4-6-15(16)23-3)10-19-17(18-2)20-11-14-8-9-25(21,22)12-14/h4-7,13-14H,8-12H2,1-3H3,(H2,18,19,20). The maximum Gasteiger partial charge on any atom is 0.191 e. The van der Waals surface area contributed by atoms with Crippen LogP contribution in [0, 0.1) is 5.92 Å². The first-order valence-electron chi connectivity index (χ1n) is 8.38. The first-order valence-corrected chi connectivity index (χ1v) is 10.2. The summed E-state index contributed by atoms with van der Waals surface area (Å²) in [5.41, 5.74) is 0. The summed E-state index contributed by atoms with van der Waals surface area (Å²) in [7, 11) is 0.449. The predicted molar refractivity (Wildman–Crippen MR) is 99.2 cm³/mol. The highest BCUT2D eigenvalue weighted by atomic mass is 32.2. The van der Waals surface area contributed by atoms with E-state index in [1.54, 1.807) is 14.2 Å². The normalized spacial score (nSPS) is 20.8. The lowest BCUT2D eigenvalue weighted by Gasteiger charge is -2.19. The molecule has 0 aromatic heterocycles. The van der Waals surface area contributed by atoms with E-state index in [0.29, 0.717) is 37.0 Å². The van der Waals surface area contributed by atoms with E-state index in [2.05, 4.69) is 15.6 Å². The molecule has 0 amide bonds. The molecule has 2 rings (SSSR count). The number of ether oxygens (including phenoxy) is 2. The van der Waals surface area contributed by atoms with Gasteiger partial charge in [0.05, 0.1) is 25.2 Å². The Balaban J connectivity index is 1.76. The summed E-state index contributed by atoms with van der Waals surface area (Å²) < 4.78 is 34.2. The van der Waals surface area contributed by atoms with Crippen molar-refractivity contribution in [1.82, 2.24) is 10.6 Å². The molecule has 0 aliphatic carbocycles. The van der Waals surface area contributed by atoms with Crippen molar-refractivity contribution in [3.63, 3.8) is 0 Å². The molecule has 1 heterocycles. The van der Waals surface area contributed by atoms with Gasteiger partial charge in [0.25, 0.3) is 0 Å². The van der Waals surface area contributed by atoms with Gasteiger partial charge in [-0.1, -0.05) is 12.1 Å². The minimum atomic E-state index is -2.85. The van der Waals surface area contributed by atoms with Crippen molar-refractivity contribution in [3.8, 4) is 11.5 Å². The number of rotatable bonds is 7. The topological polar surface area (TPSA) is 89.0 Å². The van der Waals surface area contributed by atoms with Crippen molar-refractivity contribution in [3.05, 3.63) is 24.3 Å². The van der Waals surface area contributed by atoms with Crippen molar-refractivity contribution >= 4 is 15.8 Å². The molecule has 1 saturated heterocycles. The third-order valence-corrected chi connectivity index (χ3v) is 5.90. The van der Waals surface area contributed by atoms with Crippen LogP contribution in [-0.4, -0.2) is 59.2 Å². The maximum atomic E-state index is 11.5. The first kappa shape index (κ1) is 19.4. The molecule has 2 N–H and O–H groups in total. The number of aliphatic imine (C=N–C) groups is 1. The van der Waals surface area contributed by atoms with Crippen molar-refractivity contribution in [1.29, 1.82) is 0 Å². The fourth-order valence-corrected chi connectivity index (χ4v) is 4.57. The van der Waals surface area contributed by atoms with E-state index in [9.17, 15) is 8.42 Å². The number of guanidine groups is 1. The minimum absolute atomic E-state index is 0.0956. The molecule has 2 atom stereocenters. The van der Waals surface area contributed by atoms with Crippen molar-refractivity contribution in [2.24, 2.45) is 10.9 Å². The largest absolute Gasteiger partial charge is 0.493 e. The summed E-state index contributed by atoms with van der Waals surface area (Å²) in [5.74, 6) is 2.71. The summed E-state index contributed by atoms with van der Waals surface area (Å²) in [5, 5.41) is 6.38. The second kappa shape index (κ2) is 8.94. The van der Waals surface area contributed by atoms with Crippen LogP contribution in [0.4, 0.5) is 0 Å². The molecule has 0 saturated carbocycles. The van der Waals surface area contributed by atoms with Gasteiger partial charge in [0.1, 0.15) is 6.10 Å². The van der Waals surface area contributed by atoms with Crippen LogP contribution in [0.3, 0.4) is 0 Å². The highest BCUT2D eigenvalue weighted by Crippen LogP contribution is 2.26. The number of nitrogens with zero attached hydrogens (tertiary/aromatic N) is 1. The van der Waals surface area contributed by atoms with Gasteiger partial charge in [-0.05, 0) is 31.4 Å². The van der Waals surface area contributed by atoms with Gasteiger partial charge in [-0.3, -0.25) is 4.99 Å². The van der Waals surface area contributed by atoms with Crippen molar-refractivity contribution in [2.45, 2.75) is 19.4 Å². The third-order valence-electron chi connectivity index (χ3n) is 4.06. The van der Waals surface area contributed by atoms with Crippen LogP contribution in [0.2, 0.25) is 0 Å². The van der Waals surface area contributed by atoms with Gasteiger partial charge in [-0.15, -0.1) is 0 Å². The fourth-order valence-electron chi connectivity index (χ4n) is 2.71. The summed E-state index contributed by atoms with van der Waals surface area (Å²) in [4.78, 5) is 4.16. The summed E-state index contributed by atoms with van der Waals surface area (Å²) in [6, 6.07) is 7.51. The summed E-state index contributed by atoms with van der Waals surface area (Å²) >= 11 is 0. The van der Waals surface area contributed by atoms with E-state index in [-0.39, 0.29) is 23.5 Å². The lowest BCUT2D eigenvalue weighted by atomic mass is 10.1. The highest BCUT2D eigenvalue weighted by molar-refractivity contribution is 7.91. The van der Waals surface area contributed by atoms with Gasteiger partial charge in [0, 0.05) is 13.6 Å². The molecule has 1 aromatic carbocycles. The SMILES string of the molecule is CN=C(NCC1CCS(=O)(=O)C1)NCC(C)Oc1ccccc1OC. The second-order valence-corrected chi connectivity index (χ2v) is 8.41. The van der Waals surface area contributed by atoms with Crippen LogP contribution >= 0.6 is 0 Å². The molecule has 7 nitrogen and oxygen atoms in total. The number of hydrogen-bond acceptors (Lipinski definition) is 5. The lowest BCUT2D eigenvalue weighted by Crippen LogP contribution is -2.43. The van der Waals surface area contributed by atoms with Gasteiger partial charge < -0.3 is 20.1 Å². The molecule has 2 unspecified atom stereocenters. The Bertz CT molecular complexity index is 691. The second-order valence-electron chi connectivity index (χ2n) is 6.18. The molecule has 0 spiro atoms. The zero-order valence-electron chi connectivity index (χ0n) is 15.0. The molecule has 140 valence electrons. The number of hydrogen-bond donors (Lipinski definition) is 2. The van der Waals surface area contributed by atoms with E-state index < -0.39 is 9.84 Å². The Morgan fingerprint density at radius 1 is 1.32 bits per heavy atom. The molecular formula is C17H27N3O4S. The highest BCUT2D eigenvalue weighted by Gasteiger charge is 2.27. The number of nitrogens with one attached hydrogen (secondary N) is 2. The van der Waals surface area contributed by atoms with Crippen LogP contribution < -0.4 is 20.1 Å². The van der Waals surface area contributed by atoms with E-state index >= 15 is 0 Å². The van der Waals surface area contributed by atoms with Crippen LogP contribution in [0.5, 0.6) is 11.5 Å². The summed E-state index contributed by atoms with van der Waals surface area (Å²) in [6.45, 7) is 3.11. The Hall–Kier alpha value is -1.96. The first-order chi connectivity index (χ1) is 11.9. The zero-order valence-corrected chi connectivity index (χ0v) is 15.8. The average Bonchev–Trinajstić information content (AvgIpc) is 2.94. The van der Waals surface area contributed by atoms with E-state index in [1.165, 1.54) is 0 Å². The van der Waals surface area contributed by atoms with Gasteiger partial charge in [-0.25, -0.2) is 8.42 Å². The van der Waals surface area contributed by atoms with Crippen LogP contribution in [-0.2, 0) is 9.84 Å². The number of para-hydroxylation sites is 2. The summed E-state index contributed by atoms with van der Waals surface area (Å²) in [6.07, 6.45) is 0.612. The molecule has 1 fully saturated rings. The fraction of sp³-hybridized carbons (Fsp3) is 0.588. The van der Waals surface area contributed by atoms with Gasteiger partial charge in [0.15, 0.2) is 27.3 Å². The van der Waals surface area contributed by atoms with Gasteiger partial charge in [0.2, 0.25) is 0 Å². The molecule has 25 heavy (non-hydrogen) atoms. The van der Waals surface area contributed by atoms with E-state index in [0.717, 1.165) is 0 Å². The Kier molecular flexibility index (Phi) is 6.92. The molecular weight excluding hydrogens is 342 g/mol. The maximum absolute atomic E-state index is 11.5. The smallest absolute Gasteiger partial charge is 0.191 e. The minimum Gasteiger partial charge on any atom is -0.493 e. The average molecular weight is 369 g/mol. The Labute approximate surface area is 149 Å². The zero-order chi connectivity index (χ0) is 18.3. The quantitative estimate of drug-likeness (QED) is 0.552. The lowest BCUT2D eigenvalue weighted by molar-refractivity contribution is 0.213. The van der Waals surface area contributed by atoms with E-state index in [1.807, 2.05) is 31.2 Å². The van der Waals surface area contributed by atoms with E-state index in [4.69, 9.17) is 9.47 Å². The van der Waals surface area contributed by atoms with Crippen LogP contribution in [0.25, 0.3) is 0 Å². The van der Waals surface area contributed by atoms with Crippen molar-refractivity contribution < 1.29 is 17.9 Å². The Morgan fingerprint density at radius 2 is 2.04 bits per heavy atom. The number of methoxy groups -OCH3 is 1. The van der Waals surface area contributed by atoms with Gasteiger partial charge in [-0.2, -0.15) is 0 Å². The van der Waals surface area contributed by atoms with Crippen molar-refractivity contribution in [2.75, 3.05) is 38.8 Å². The molecule has 0 radical (unpaired) electrons. The Morgan fingerprint density at radius 3 is 2.64 bits per heavy atom. The monoisotopic (exact) mass is 369 g/mol. The molecule has 1 aliphatic heterocycles. The molecule has 0 bridgehead atoms. The number of sulfone groups is 1. The van der Waals surface area contributed by atoms with Crippen LogP contribution in [0.1, 0.15) is 13.3 Å². The van der Waals surface area contributed by atoms with Gasteiger partial charge >= 0.3 is 0 Å². The molecule has 1 aromatic rings. The molecule has 1 aliphatic rings. The molecule has 8 heteroatoms. The number of benzene rings is 1.